The van der Waals surface area contributed by atoms with Gasteiger partial charge in [-0.15, -0.1) is 0 Å². The normalized spacial score (nSPS) is 22.2. The molecule has 2 fully saturated rings. The smallest absolute Gasteiger partial charge is 0.226 e. The maximum atomic E-state index is 14.3. The molecule has 300 valence electrons. The van der Waals surface area contributed by atoms with E-state index in [1.165, 1.54) is 0 Å². The number of aliphatic hydroxyl groups is 1. The number of ketones is 1. The summed E-state index contributed by atoms with van der Waals surface area (Å²) in [6, 6.07) is 9.28. The average Bonchev–Trinajstić information content (AvgIpc) is 3.62. The molecular formula is C42H70N4O7. The highest BCUT2D eigenvalue weighted by molar-refractivity contribution is 5.86. The predicted molar refractivity (Wildman–Crippen MR) is 208 cm³/mol. The zero-order valence-corrected chi connectivity index (χ0v) is 34.3. The third kappa shape index (κ3) is 11.8. The van der Waals surface area contributed by atoms with Crippen LogP contribution in [0.2, 0.25) is 0 Å². The van der Waals surface area contributed by atoms with Crippen LogP contribution in [0, 0.1) is 29.6 Å². The summed E-state index contributed by atoms with van der Waals surface area (Å²) in [5, 5.41) is 10.1. The lowest BCUT2D eigenvalue weighted by molar-refractivity contribution is -0.150. The van der Waals surface area contributed by atoms with Crippen molar-refractivity contribution < 1.29 is 33.8 Å². The van der Waals surface area contributed by atoms with Crippen molar-refractivity contribution in [2.75, 3.05) is 61.1 Å². The zero-order valence-electron chi connectivity index (χ0n) is 34.3. The van der Waals surface area contributed by atoms with Gasteiger partial charge in [0.1, 0.15) is 5.78 Å². The fourth-order valence-corrected chi connectivity index (χ4v) is 8.64. The first-order chi connectivity index (χ1) is 25.2. The number of rotatable bonds is 20. The van der Waals surface area contributed by atoms with Crippen LogP contribution >= 0.6 is 0 Å². The molecule has 0 aromatic heterocycles. The van der Waals surface area contributed by atoms with E-state index in [1.807, 2.05) is 60.9 Å². The summed E-state index contributed by atoms with van der Waals surface area (Å²) in [6.07, 6.45) is 2.29. The van der Waals surface area contributed by atoms with Crippen molar-refractivity contribution in [1.82, 2.24) is 19.6 Å². The Hall–Kier alpha value is -2.86. The van der Waals surface area contributed by atoms with E-state index in [9.17, 15) is 24.3 Å². The molecule has 0 spiro atoms. The lowest BCUT2D eigenvalue weighted by atomic mass is 9.85. The Labute approximate surface area is 319 Å². The molecule has 2 aliphatic rings. The second-order valence-corrected chi connectivity index (χ2v) is 16.3. The Morgan fingerprint density at radius 2 is 1.58 bits per heavy atom. The van der Waals surface area contributed by atoms with E-state index in [1.54, 1.807) is 26.2 Å². The molecule has 11 nitrogen and oxygen atoms in total. The molecule has 0 radical (unpaired) electrons. The average molecular weight is 743 g/mol. The third-order valence-electron chi connectivity index (χ3n) is 12.1. The first kappa shape index (κ1) is 44.5. The number of carbonyl (C=O) groups excluding carboxylic acids is 4. The minimum Gasteiger partial charge on any atom is -0.396 e. The van der Waals surface area contributed by atoms with Crippen LogP contribution in [0.25, 0.3) is 0 Å². The molecule has 2 heterocycles. The fourth-order valence-electron chi connectivity index (χ4n) is 8.64. The van der Waals surface area contributed by atoms with E-state index in [-0.39, 0.29) is 85.3 Å². The molecule has 2 saturated heterocycles. The second kappa shape index (κ2) is 21.3. The topological polar surface area (TPSA) is 120 Å². The summed E-state index contributed by atoms with van der Waals surface area (Å²) in [5.41, 5.74) is 1.08. The van der Waals surface area contributed by atoms with Gasteiger partial charge in [0, 0.05) is 84.8 Å². The Bertz CT molecular complexity index is 1310. The minimum absolute atomic E-state index is 0.00756. The Morgan fingerprint density at radius 1 is 0.925 bits per heavy atom. The van der Waals surface area contributed by atoms with Crippen molar-refractivity contribution in [1.29, 1.82) is 0 Å². The predicted octanol–water partition coefficient (Wildman–Crippen LogP) is 4.54. The first-order valence-electron chi connectivity index (χ1n) is 20.0. The number of piperazine rings is 1. The third-order valence-corrected chi connectivity index (χ3v) is 12.1. The standard InChI is InChI=1S/C42H70N4O7/c1-11-29(4)40(44(8)42(51)34(28(2)3)24-38(49)45-21-20-43(7)26-30(45)5)37(52-9)25-39(50)46-19-15-18-35(46)41(53-10)31(6)36(48)23-33(27-47)22-32-16-13-12-14-17-32/h12-14,16-17,28-31,33-35,37,40-41,47H,11,15,18-27H2,1-10H3/t29-,30+,31-,33+,34-,35-,37+,40-,41+/m0/s1. The zero-order chi connectivity index (χ0) is 39.4. The molecule has 9 atom stereocenters. The summed E-state index contributed by atoms with van der Waals surface area (Å²) in [6.45, 7) is 14.8. The van der Waals surface area contributed by atoms with Gasteiger partial charge >= 0.3 is 0 Å². The lowest BCUT2D eigenvalue weighted by Crippen LogP contribution is -2.55. The van der Waals surface area contributed by atoms with Gasteiger partial charge in [-0.1, -0.05) is 71.4 Å². The van der Waals surface area contributed by atoms with Crippen molar-refractivity contribution in [3.63, 3.8) is 0 Å². The van der Waals surface area contributed by atoms with Crippen LogP contribution in [0.3, 0.4) is 0 Å². The number of benzene rings is 1. The van der Waals surface area contributed by atoms with E-state index >= 15 is 0 Å². The fraction of sp³-hybridized carbons (Fsp3) is 0.762. The molecule has 1 N–H and O–H groups in total. The molecule has 0 unspecified atom stereocenters. The van der Waals surface area contributed by atoms with Crippen LogP contribution < -0.4 is 0 Å². The number of amides is 3. The van der Waals surface area contributed by atoms with Crippen molar-refractivity contribution >= 4 is 23.5 Å². The molecule has 0 aliphatic carbocycles. The van der Waals surface area contributed by atoms with Crippen LogP contribution in [0.5, 0.6) is 0 Å². The number of hydrogen-bond acceptors (Lipinski definition) is 8. The molecule has 2 aliphatic heterocycles. The van der Waals surface area contributed by atoms with Gasteiger partial charge in [0.05, 0.1) is 30.7 Å². The van der Waals surface area contributed by atoms with Gasteiger partial charge in [-0.05, 0) is 56.6 Å². The molecule has 11 heteroatoms. The van der Waals surface area contributed by atoms with Crippen molar-refractivity contribution in [3.8, 4) is 0 Å². The summed E-state index contributed by atoms with van der Waals surface area (Å²) in [7, 11) is 7.04. The molecule has 53 heavy (non-hydrogen) atoms. The molecule has 3 amide bonds. The number of carbonyl (C=O) groups is 4. The highest BCUT2D eigenvalue weighted by Gasteiger charge is 2.43. The Morgan fingerprint density at radius 3 is 2.15 bits per heavy atom. The summed E-state index contributed by atoms with van der Waals surface area (Å²) in [5.74, 6) is -1.37. The van der Waals surface area contributed by atoms with Crippen LogP contribution in [-0.2, 0) is 35.1 Å². The minimum atomic E-state index is -0.572. The second-order valence-electron chi connectivity index (χ2n) is 16.3. The summed E-state index contributed by atoms with van der Waals surface area (Å²) < 4.78 is 12.0. The van der Waals surface area contributed by atoms with Gasteiger partial charge in [0.25, 0.3) is 0 Å². The van der Waals surface area contributed by atoms with Gasteiger partial charge < -0.3 is 34.2 Å². The number of ether oxygens (including phenoxy) is 2. The summed E-state index contributed by atoms with van der Waals surface area (Å²) >= 11 is 0. The molecule has 0 saturated carbocycles. The van der Waals surface area contributed by atoms with E-state index in [0.29, 0.717) is 19.5 Å². The molecule has 1 aromatic rings. The van der Waals surface area contributed by atoms with Gasteiger partial charge in [-0.3, -0.25) is 19.2 Å². The SMILES string of the molecule is CC[C@H](C)[C@@H]([C@@H](CC(=O)N1CCC[C@H]1[C@H](OC)[C@@H](C)C(=O)C[C@H](CO)Cc1ccccc1)OC)N(C)C(=O)[C@@H](CC(=O)N1CCN(C)C[C@H]1C)C(C)C. The monoisotopic (exact) mass is 743 g/mol. The first-order valence-corrected chi connectivity index (χ1v) is 20.0. The number of nitrogens with zero attached hydrogens (tertiary/aromatic N) is 4. The molecule has 1 aromatic carbocycles. The maximum absolute atomic E-state index is 14.3. The van der Waals surface area contributed by atoms with Crippen LogP contribution in [-0.4, -0.2) is 140 Å². The summed E-state index contributed by atoms with van der Waals surface area (Å²) in [4.78, 5) is 63.4. The molecular weight excluding hydrogens is 672 g/mol. The van der Waals surface area contributed by atoms with E-state index < -0.39 is 24.0 Å². The Balaban J connectivity index is 1.74. The van der Waals surface area contributed by atoms with Gasteiger partial charge in [-0.25, -0.2) is 0 Å². The van der Waals surface area contributed by atoms with E-state index in [2.05, 4.69) is 32.7 Å². The van der Waals surface area contributed by atoms with Crippen molar-refractivity contribution in [3.05, 3.63) is 35.9 Å². The van der Waals surface area contributed by atoms with Crippen LogP contribution in [0.15, 0.2) is 30.3 Å². The van der Waals surface area contributed by atoms with Gasteiger partial charge in [0.2, 0.25) is 17.7 Å². The number of Topliss-reactive ketones (excluding diaryl/α,β-unsaturated/α-hetero) is 1. The van der Waals surface area contributed by atoms with Crippen LogP contribution in [0.1, 0.15) is 85.6 Å². The number of aliphatic hydroxyl groups excluding tert-OH is 1. The number of methoxy groups -OCH3 is 2. The lowest BCUT2D eigenvalue weighted by Gasteiger charge is -2.41. The highest BCUT2D eigenvalue weighted by Crippen LogP contribution is 2.31. The number of likely N-dealkylation sites (N-methyl/N-ethyl adjacent to an activating group) is 2. The number of hydrogen-bond donors (Lipinski definition) is 1. The maximum Gasteiger partial charge on any atom is 0.226 e. The highest BCUT2D eigenvalue weighted by atomic mass is 16.5. The largest absolute Gasteiger partial charge is 0.396 e. The number of likely N-dealkylation sites (tertiary alicyclic amines) is 1. The van der Waals surface area contributed by atoms with Crippen molar-refractivity contribution in [2.45, 2.75) is 117 Å². The van der Waals surface area contributed by atoms with E-state index in [4.69, 9.17) is 9.47 Å². The van der Waals surface area contributed by atoms with Crippen LogP contribution in [0.4, 0.5) is 0 Å². The van der Waals surface area contributed by atoms with Gasteiger partial charge in [0.15, 0.2) is 0 Å². The quantitative estimate of drug-likeness (QED) is 0.207. The van der Waals surface area contributed by atoms with E-state index in [0.717, 1.165) is 37.9 Å². The van der Waals surface area contributed by atoms with Gasteiger partial charge in [-0.2, -0.15) is 0 Å². The molecule has 0 bridgehead atoms. The van der Waals surface area contributed by atoms with Crippen molar-refractivity contribution in [2.24, 2.45) is 29.6 Å². The Kier molecular flexibility index (Phi) is 17.9. The molecule has 3 rings (SSSR count).